The fourth-order valence-corrected chi connectivity index (χ4v) is 3.65. The van der Waals surface area contributed by atoms with Crippen LogP contribution in [0.5, 0.6) is 0 Å². The van der Waals surface area contributed by atoms with E-state index >= 15 is 0 Å². The van der Waals surface area contributed by atoms with Crippen molar-refractivity contribution < 1.29 is 4.79 Å². The zero-order chi connectivity index (χ0) is 13.4. The van der Waals surface area contributed by atoms with Gasteiger partial charge in [-0.05, 0) is 43.2 Å². The minimum Gasteiger partial charge on any atom is -0.310 e. The van der Waals surface area contributed by atoms with Gasteiger partial charge in [0.1, 0.15) is 0 Å². The molecule has 2 aliphatic heterocycles. The molecule has 2 nitrogen and oxygen atoms in total. The SMILES string of the molecule is CC(C)Cc1cccc(C(=O)C2CC3CCC2N3)c1. The minimum atomic E-state index is 0.216. The van der Waals surface area contributed by atoms with Gasteiger partial charge in [-0.15, -0.1) is 0 Å². The summed E-state index contributed by atoms with van der Waals surface area (Å²) >= 11 is 0. The Bertz CT molecular complexity index is 480. The highest BCUT2D eigenvalue weighted by Crippen LogP contribution is 2.35. The van der Waals surface area contributed by atoms with E-state index in [0.29, 0.717) is 23.8 Å². The standard InChI is InChI=1S/C17H23NO/c1-11(2)8-12-4-3-5-13(9-12)17(19)15-10-14-6-7-16(15)18-14/h3-5,9,11,14-16,18H,6-8,10H2,1-2H3. The van der Waals surface area contributed by atoms with Gasteiger partial charge in [0.15, 0.2) is 5.78 Å². The highest BCUT2D eigenvalue weighted by molar-refractivity contribution is 5.98. The maximum atomic E-state index is 12.6. The van der Waals surface area contributed by atoms with Crippen LogP contribution < -0.4 is 5.32 Å². The van der Waals surface area contributed by atoms with Crippen LogP contribution in [0.3, 0.4) is 0 Å². The molecule has 3 unspecified atom stereocenters. The maximum Gasteiger partial charge on any atom is 0.167 e. The molecule has 0 saturated carbocycles. The Morgan fingerprint density at radius 3 is 2.84 bits per heavy atom. The number of hydrogen-bond acceptors (Lipinski definition) is 2. The van der Waals surface area contributed by atoms with Crippen molar-refractivity contribution in [1.82, 2.24) is 5.32 Å². The van der Waals surface area contributed by atoms with Gasteiger partial charge in [0.25, 0.3) is 0 Å². The largest absolute Gasteiger partial charge is 0.310 e. The molecule has 1 aromatic carbocycles. The Balaban J connectivity index is 1.76. The third-order valence-corrected chi connectivity index (χ3v) is 4.49. The van der Waals surface area contributed by atoms with Crippen molar-refractivity contribution in [3.63, 3.8) is 0 Å². The Labute approximate surface area is 115 Å². The molecule has 0 aliphatic carbocycles. The van der Waals surface area contributed by atoms with Crippen molar-refractivity contribution in [2.75, 3.05) is 0 Å². The molecule has 2 fully saturated rings. The van der Waals surface area contributed by atoms with E-state index in [1.54, 1.807) is 0 Å². The van der Waals surface area contributed by atoms with Gasteiger partial charge in [0.2, 0.25) is 0 Å². The van der Waals surface area contributed by atoms with Crippen LogP contribution in [0.1, 0.15) is 49.0 Å². The summed E-state index contributed by atoms with van der Waals surface area (Å²) in [5.74, 6) is 1.20. The van der Waals surface area contributed by atoms with E-state index in [1.165, 1.54) is 18.4 Å². The molecule has 0 radical (unpaired) electrons. The Morgan fingerprint density at radius 2 is 2.21 bits per heavy atom. The lowest BCUT2D eigenvalue weighted by atomic mass is 9.83. The number of benzene rings is 1. The van der Waals surface area contributed by atoms with Crippen LogP contribution in [-0.2, 0) is 6.42 Å². The quantitative estimate of drug-likeness (QED) is 0.839. The first kappa shape index (κ1) is 12.9. The van der Waals surface area contributed by atoms with Crippen LogP contribution in [-0.4, -0.2) is 17.9 Å². The number of fused-ring (bicyclic) bond motifs is 2. The number of ketones is 1. The molecule has 0 spiro atoms. The zero-order valence-corrected chi connectivity index (χ0v) is 11.9. The molecule has 2 heterocycles. The molecule has 3 rings (SSSR count). The summed E-state index contributed by atoms with van der Waals surface area (Å²) < 4.78 is 0. The third-order valence-electron chi connectivity index (χ3n) is 4.49. The van der Waals surface area contributed by atoms with Gasteiger partial charge in [0.05, 0.1) is 0 Å². The molecule has 1 aromatic rings. The summed E-state index contributed by atoms with van der Waals surface area (Å²) in [7, 11) is 0. The lowest BCUT2D eigenvalue weighted by Crippen LogP contribution is -2.28. The van der Waals surface area contributed by atoms with Crippen LogP contribution in [0.2, 0.25) is 0 Å². The van der Waals surface area contributed by atoms with E-state index in [4.69, 9.17) is 0 Å². The number of carbonyl (C=O) groups excluding carboxylic acids is 1. The first-order valence-electron chi connectivity index (χ1n) is 7.52. The van der Waals surface area contributed by atoms with E-state index in [0.717, 1.165) is 18.4 Å². The second-order valence-electron chi connectivity index (χ2n) is 6.55. The number of carbonyl (C=O) groups is 1. The Kier molecular flexibility index (Phi) is 3.44. The van der Waals surface area contributed by atoms with Crippen LogP contribution >= 0.6 is 0 Å². The molecule has 2 heteroatoms. The van der Waals surface area contributed by atoms with Crippen molar-refractivity contribution in [3.05, 3.63) is 35.4 Å². The van der Waals surface area contributed by atoms with Crippen LogP contribution in [0.4, 0.5) is 0 Å². The van der Waals surface area contributed by atoms with Gasteiger partial charge in [-0.1, -0.05) is 32.0 Å². The van der Waals surface area contributed by atoms with E-state index in [9.17, 15) is 4.79 Å². The van der Waals surface area contributed by atoms with E-state index in [2.05, 4.69) is 31.3 Å². The third kappa shape index (κ3) is 2.59. The fraction of sp³-hybridized carbons (Fsp3) is 0.588. The number of Topliss-reactive ketones (excluding diaryl/α,β-unsaturated/α-hetero) is 1. The molecule has 19 heavy (non-hydrogen) atoms. The van der Waals surface area contributed by atoms with Gasteiger partial charge in [0, 0.05) is 23.6 Å². The summed E-state index contributed by atoms with van der Waals surface area (Å²) in [5, 5.41) is 3.55. The molecule has 1 N–H and O–H groups in total. The first-order valence-corrected chi connectivity index (χ1v) is 7.52. The van der Waals surface area contributed by atoms with Gasteiger partial charge in [-0.25, -0.2) is 0 Å². The fourth-order valence-electron chi connectivity index (χ4n) is 3.65. The topological polar surface area (TPSA) is 29.1 Å². The normalized spacial score (nSPS) is 29.1. The number of hydrogen-bond donors (Lipinski definition) is 1. The second-order valence-corrected chi connectivity index (χ2v) is 6.55. The lowest BCUT2D eigenvalue weighted by molar-refractivity contribution is 0.0900. The molecular formula is C17H23NO. The van der Waals surface area contributed by atoms with Crippen LogP contribution in [0, 0.1) is 11.8 Å². The van der Waals surface area contributed by atoms with E-state index in [1.807, 2.05) is 12.1 Å². The monoisotopic (exact) mass is 257 g/mol. The van der Waals surface area contributed by atoms with Crippen molar-refractivity contribution in [2.24, 2.45) is 11.8 Å². The molecule has 0 amide bonds. The average Bonchev–Trinajstić information content (AvgIpc) is 2.99. The number of rotatable bonds is 4. The van der Waals surface area contributed by atoms with Crippen molar-refractivity contribution in [2.45, 2.75) is 51.6 Å². The van der Waals surface area contributed by atoms with Gasteiger partial charge >= 0.3 is 0 Å². The summed E-state index contributed by atoms with van der Waals surface area (Å²) in [5.41, 5.74) is 2.20. The predicted octanol–water partition coefficient (Wildman–Crippen LogP) is 3.21. The van der Waals surface area contributed by atoms with E-state index in [-0.39, 0.29) is 5.92 Å². The number of nitrogens with one attached hydrogen (secondary N) is 1. The highest BCUT2D eigenvalue weighted by atomic mass is 16.1. The van der Waals surface area contributed by atoms with E-state index < -0.39 is 0 Å². The van der Waals surface area contributed by atoms with Crippen molar-refractivity contribution in [3.8, 4) is 0 Å². The summed E-state index contributed by atoms with van der Waals surface area (Å²) in [6, 6.07) is 9.29. The molecular weight excluding hydrogens is 234 g/mol. The Hall–Kier alpha value is -1.15. The first-order chi connectivity index (χ1) is 9.13. The highest BCUT2D eigenvalue weighted by Gasteiger charge is 2.42. The maximum absolute atomic E-state index is 12.6. The summed E-state index contributed by atoms with van der Waals surface area (Å²) in [6.07, 6.45) is 4.52. The molecule has 2 aliphatic rings. The van der Waals surface area contributed by atoms with Crippen LogP contribution in [0.15, 0.2) is 24.3 Å². The second kappa shape index (κ2) is 5.09. The Morgan fingerprint density at radius 1 is 1.37 bits per heavy atom. The molecule has 0 aromatic heterocycles. The molecule has 3 atom stereocenters. The predicted molar refractivity (Wildman–Crippen MR) is 77.4 cm³/mol. The smallest absolute Gasteiger partial charge is 0.167 e. The zero-order valence-electron chi connectivity index (χ0n) is 11.9. The summed E-state index contributed by atoms with van der Waals surface area (Å²) in [6.45, 7) is 4.43. The van der Waals surface area contributed by atoms with Crippen molar-refractivity contribution in [1.29, 1.82) is 0 Å². The van der Waals surface area contributed by atoms with Gasteiger partial charge < -0.3 is 5.32 Å². The van der Waals surface area contributed by atoms with Gasteiger partial charge in [-0.2, -0.15) is 0 Å². The lowest BCUT2D eigenvalue weighted by Gasteiger charge is -2.19. The van der Waals surface area contributed by atoms with Gasteiger partial charge in [-0.3, -0.25) is 4.79 Å². The molecule has 102 valence electrons. The molecule has 2 bridgehead atoms. The average molecular weight is 257 g/mol. The summed E-state index contributed by atoms with van der Waals surface area (Å²) in [4.78, 5) is 12.6. The minimum absolute atomic E-state index is 0.216. The molecule has 2 saturated heterocycles. The van der Waals surface area contributed by atoms with Crippen LogP contribution in [0.25, 0.3) is 0 Å². The van der Waals surface area contributed by atoms with Crippen molar-refractivity contribution >= 4 is 5.78 Å².